The van der Waals surface area contributed by atoms with Gasteiger partial charge in [0.25, 0.3) is 0 Å². The topological polar surface area (TPSA) is 131 Å². The first-order valence-corrected chi connectivity index (χ1v) is 18.2. The Morgan fingerprint density at radius 1 is 0.298 bits per heavy atom. The fourth-order valence-electron chi connectivity index (χ4n) is 6.91. The SMILES string of the molecule is c1ccc(-c2ccc(-c3nc(-c4ccc(-c5ccccc5)cc4-n4ccnn4)nc(-c4ccc(-c5ccccc5)cc4-n4ccnn4)n3)c(-n3ccnn3)c2)cc1. The lowest BCUT2D eigenvalue weighted by Gasteiger charge is -2.16. The highest BCUT2D eigenvalue weighted by Gasteiger charge is 2.22. The average Bonchev–Trinajstić information content (AvgIpc) is 4.13. The van der Waals surface area contributed by atoms with E-state index in [-0.39, 0.29) is 0 Å². The second kappa shape index (κ2) is 14.5. The van der Waals surface area contributed by atoms with Crippen LogP contribution in [0.2, 0.25) is 0 Å². The van der Waals surface area contributed by atoms with Gasteiger partial charge in [-0.25, -0.2) is 29.0 Å². The monoisotopic (exact) mass is 738 g/mol. The lowest BCUT2D eigenvalue weighted by Crippen LogP contribution is -2.07. The molecule has 4 heterocycles. The van der Waals surface area contributed by atoms with Crippen molar-refractivity contribution >= 4 is 0 Å². The van der Waals surface area contributed by atoms with Crippen molar-refractivity contribution in [3.63, 3.8) is 0 Å². The average molecular weight is 739 g/mol. The molecule has 0 unspecified atom stereocenters. The van der Waals surface area contributed by atoms with Crippen molar-refractivity contribution in [1.29, 1.82) is 0 Å². The van der Waals surface area contributed by atoms with Gasteiger partial charge in [0.2, 0.25) is 0 Å². The number of rotatable bonds is 9. The van der Waals surface area contributed by atoms with Crippen LogP contribution in [0.1, 0.15) is 0 Å². The smallest absolute Gasteiger partial charge is 0.166 e. The lowest BCUT2D eigenvalue weighted by atomic mass is 10.0. The van der Waals surface area contributed by atoms with Crippen molar-refractivity contribution in [2.75, 3.05) is 0 Å². The summed E-state index contributed by atoms with van der Waals surface area (Å²) in [7, 11) is 0. The highest BCUT2D eigenvalue weighted by molar-refractivity contribution is 5.82. The van der Waals surface area contributed by atoms with Gasteiger partial charge in [0.05, 0.1) is 54.2 Å². The molecule has 12 heteroatoms. The molecule has 0 spiro atoms. The van der Waals surface area contributed by atoms with Crippen LogP contribution in [0.3, 0.4) is 0 Å². The third-order valence-corrected chi connectivity index (χ3v) is 9.68. The molecule has 0 saturated carbocycles. The summed E-state index contributed by atoms with van der Waals surface area (Å²) < 4.78 is 5.20. The van der Waals surface area contributed by atoms with Crippen molar-refractivity contribution in [1.82, 2.24) is 59.9 Å². The van der Waals surface area contributed by atoms with Crippen LogP contribution in [0.15, 0.2) is 183 Å². The normalized spacial score (nSPS) is 11.2. The molecule has 0 aliphatic carbocycles. The summed E-state index contributed by atoms with van der Waals surface area (Å²) in [5.74, 6) is 1.32. The zero-order valence-electron chi connectivity index (χ0n) is 30.2. The van der Waals surface area contributed by atoms with E-state index in [4.69, 9.17) is 15.0 Å². The molecule has 0 aliphatic rings. The fraction of sp³-hybridized carbons (Fsp3) is 0. The molecule has 0 N–H and O–H groups in total. The molecule has 0 fully saturated rings. The van der Waals surface area contributed by atoms with Crippen LogP contribution >= 0.6 is 0 Å². The summed E-state index contributed by atoms with van der Waals surface area (Å²) in [6.07, 6.45) is 10.4. The summed E-state index contributed by atoms with van der Waals surface area (Å²) in [6.45, 7) is 0. The Kier molecular flexibility index (Phi) is 8.50. The molecule has 0 aliphatic heterocycles. The van der Waals surface area contributed by atoms with Gasteiger partial charge in [0.15, 0.2) is 17.5 Å². The van der Waals surface area contributed by atoms with E-state index in [0.29, 0.717) is 17.5 Å². The Balaban J connectivity index is 1.23. The molecule has 270 valence electrons. The van der Waals surface area contributed by atoms with E-state index in [1.165, 1.54) is 0 Å². The Bertz CT molecular complexity index is 2600. The van der Waals surface area contributed by atoms with Gasteiger partial charge in [-0.1, -0.05) is 125 Å². The van der Waals surface area contributed by atoms with Gasteiger partial charge in [0.1, 0.15) is 0 Å². The van der Waals surface area contributed by atoms with E-state index in [0.717, 1.165) is 67.1 Å². The minimum atomic E-state index is 0.438. The zero-order valence-corrected chi connectivity index (χ0v) is 30.2. The quantitative estimate of drug-likeness (QED) is 0.143. The first kappa shape index (κ1) is 33.3. The molecule has 12 nitrogen and oxygen atoms in total. The Hall–Kier alpha value is -8.25. The molecular weight excluding hydrogens is 709 g/mol. The van der Waals surface area contributed by atoms with Gasteiger partial charge in [-0.2, -0.15) is 0 Å². The number of nitrogens with zero attached hydrogens (tertiary/aromatic N) is 12. The lowest BCUT2D eigenvalue weighted by molar-refractivity contribution is 0.801. The molecule has 10 aromatic rings. The van der Waals surface area contributed by atoms with Crippen molar-refractivity contribution < 1.29 is 0 Å². The number of aromatic nitrogens is 12. The summed E-state index contributed by atoms with van der Waals surface area (Å²) in [4.78, 5) is 15.7. The molecule has 10 rings (SSSR count). The molecule has 0 saturated heterocycles. The number of benzene rings is 6. The zero-order chi connectivity index (χ0) is 38.0. The minimum absolute atomic E-state index is 0.438. The predicted octanol–water partition coefficient (Wildman–Crippen LogP) is 8.62. The predicted molar refractivity (Wildman–Crippen MR) is 217 cm³/mol. The third-order valence-electron chi connectivity index (χ3n) is 9.68. The van der Waals surface area contributed by atoms with Gasteiger partial charge in [-0.3, -0.25) is 0 Å². The van der Waals surface area contributed by atoms with Crippen LogP contribution in [0.5, 0.6) is 0 Å². The molecule has 0 bridgehead atoms. The van der Waals surface area contributed by atoms with Crippen molar-refractivity contribution in [2.45, 2.75) is 0 Å². The highest BCUT2D eigenvalue weighted by Crippen LogP contribution is 2.36. The van der Waals surface area contributed by atoms with E-state index in [1.54, 1.807) is 32.6 Å². The Labute approximate surface area is 326 Å². The largest absolute Gasteiger partial charge is 0.220 e. The van der Waals surface area contributed by atoms with Crippen LogP contribution in [-0.2, 0) is 0 Å². The molecular formula is C45H30N12. The van der Waals surface area contributed by atoms with Gasteiger partial charge in [-0.05, 0) is 69.8 Å². The van der Waals surface area contributed by atoms with Gasteiger partial charge in [-0.15, -0.1) is 15.3 Å². The van der Waals surface area contributed by atoms with E-state index < -0.39 is 0 Å². The highest BCUT2D eigenvalue weighted by atomic mass is 15.4. The second-order valence-corrected chi connectivity index (χ2v) is 13.1. The fourth-order valence-corrected chi connectivity index (χ4v) is 6.91. The van der Waals surface area contributed by atoms with E-state index in [1.807, 2.05) is 91.4 Å². The molecule has 0 radical (unpaired) electrons. The summed E-state index contributed by atoms with van der Waals surface area (Å²) in [6, 6.07) is 49.1. The molecule has 0 atom stereocenters. The van der Waals surface area contributed by atoms with Crippen molar-refractivity contribution in [2.24, 2.45) is 0 Å². The van der Waals surface area contributed by atoms with Crippen LogP contribution < -0.4 is 0 Å². The van der Waals surface area contributed by atoms with Crippen molar-refractivity contribution in [3.8, 4) is 84.6 Å². The summed E-state index contributed by atoms with van der Waals surface area (Å²) >= 11 is 0. The first-order valence-electron chi connectivity index (χ1n) is 18.2. The van der Waals surface area contributed by atoms with Crippen LogP contribution in [0.25, 0.3) is 84.6 Å². The van der Waals surface area contributed by atoms with E-state index in [2.05, 4.69) is 104 Å². The maximum absolute atomic E-state index is 5.22. The van der Waals surface area contributed by atoms with Gasteiger partial charge in [0, 0.05) is 16.7 Å². The first-order chi connectivity index (χ1) is 28.2. The number of hydrogen-bond donors (Lipinski definition) is 0. The van der Waals surface area contributed by atoms with Crippen LogP contribution in [-0.4, -0.2) is 59.9 Å². The molecule has 4 aromatic heterocycles. The maximum Gasteiger partial charge on any atom is 0.166 e. The van der Waals surface area contributed by atoms with Gasteiger partial charge >= 0.3 is 0 Å². The maximum atomic E-state index is 5.22. The van der Waals surface area contributed by atoms with E-state index >= 15 is 0 Å². The summed E-state index contributed by atoms with van der Waals surface area (Å²) in [5.41, 5.74) is 10.7. The second-order valence-electron chi connectivity index (χ2n) is 13.1. The minimum Gasteiger partial charge on any atom is -0.220 e. The molecule has 57 heavy (non-hydrogen) atoms. The molecule has 6 aromatic carbocycles. The Morgan fingerprint density at radius 2 is 0.596 bits per heavy atom. The molecule has 0 amide bonds. The van der Waals surface area contributed by atoms with Crippen LogP contribution in [0.4, 0.5) is 0 Å². The summed E-state index contributed by atoms with van der Waals surface area (Å²) in [5, 5.41) is 25.6. The van der Waals surface area contributed by atoms with Crippen molar-refractivity contribution in [3.05, 3.63) is 183 Å². The van der Waals surface area contributed by atoms with Gasteiger partial charge < -0.3 is 0 Å². The third kappa shape index (κ3) is 6.53. The Morgan fingerprint density at radius 3 is 0.860 bits per heavy atom. The number of hydrogen-bond acceptors (Lipinski definition) is 9. The standard InChI is InChI=1S/C45H30N12/c1-4-10-31(11-5-1)34-16-19-37(40(28-34)55-25-22-46-52-55)43-49-44(38-20-17-35(32-12-6-2-7-13-32)29-41(38)56-26-23-47-53-56)51-45(50-43)39-21-18-36(33-14-8-3-9-15-33)30-42(39)57-27-24-48-54-57/h1-30H. The van der Waals surface area contributed by atoms with E-state index in [9.17, 15) is 0 Å². The van der Waals surface area contributed by atoms with Crippen LogP contribution in [0, 0.1) is 0 Å².